The zero-order chi connectivity index (χ0) is 22.1. The maximum atomic E-state index is 13.0. The predicted octanol–water partition coefficient (Wildman–Crippen LogP) is 5.25. The van der Waals surface area contributed by atoms with Crippen LogP contribution in [0.5, 0.6) is 5.75 Å². The van der Waals surface area contributed by atoms with Crippen LogP contribution >= 0.6 is 0 Å². The lowest BCUT2D eigenvalue weighted by molar-refractivity contribution is -0.117. The molecule has 1 aliphatic rings. The Labute approximate surface area is 188 Å². The van der Waals surface area contributed by atoms with Crippen molar-refractivity contribution in [3.63, 3.8) is 0 Å². The maximum absolute atomic E-state index is 13.0. The minimum absolute atomic E-state index is 0.0486. The number of anilines is 1. The van der Waals surface area contributed by atoms with E-state index in [-0.39, 0.29) is 11.8 Å². The average molecular weight is 426 g/mol. The number of amides is 1. The van der Waals surface area contributed by atoms with Gasteiger partial charge in [-0.1, -0.05) is 36.4 Å². The van der Waals surface area contributed by atoms with Gasteiger partial charge in [0.2, 0.25) is 5.91 Å². The lowest BCUT2D eigenvalue weighted by atomic mass is 10.1. The molecule has 1 unspecified atom stereocenters. The summed E-state index contributed by atoms with van der Waals surface area (Å²) in [6.45, 7) is 6.00. The molecule has 0 spiro atoms. The number of carbonyl (C=O) groups is 1. The van der Waals surface area contributed by atoms with Gasteiger partial charge in [-0.25, -0.2) is 4.98 Å². The van der Waals surface area contributed by atoms with Crippen LogP contribution in [-0.4, -0.2) is 28.6 Å². The summed E-state index contributed by atoms with van der Waals surface area (Å²) >= 11 is 0. The van der Waals surface area contributed by atoms with E-state index in [1.807, 2.05) is 53.4 Å². The van der Waals surface area contributed by atoms with Crippen molar-refractivity contribution in [2.75, 3.05) is 18.1 Å². The molecule has 32 heavy (non-hydrogen) atoms. The van der Waals surface area contributed by atoms with Crippen LogP contribution in [0.1, 0.15) is 29.3 Å². The van der Waals surface area contributed by atoms with Gasteiger partial charge in [0.25, 0.3) is 0 Å². The summed E-state index contributed by atoms with van der Waals surface area (Å²) < 4.78 is 8.18. The number of fused-ring (bicyclic) bond motifs is 1. The van der Waals surface area contributed by atoms with Crippen molar-refractivity contribution in [1.82, 2.24) is 9.55 Å². The van der Waals surface area contributed by atoms with Crippen molar-refractivity contribution in [2.45, 2.75) is 32.7 Å². The van der Waals surface area contributed by atoms with Gasteiger partial charge in [0, 0.05) is 24.6 Å². The van der Waals surface area contributed by atoms with Crippen LogP contribution in [-0.2, 0) is 11.3 Å². The zero-order valence-electron chi connectivity index (χ0n) is 18.5. The third-order valence-electron chi connectivity index (χ3n) is 6.02. The van der Waals surface area contributed by atoms with Crippen LogP contribution in [0.25, 0.3) is 11.0 Å². The van der Waals surface area contributed by atoms with Crippen molar-refractivity contribution in [3.05, 3.63) is 89.7 Å². The highest BCUT2D eigenvalue weighted by molar-refractivity contribution is 5.96. The Kier molecular flexibility index (Phi) is 5.39. The minimum Gasteiger partial charge on any atom is -0.492 e. The SMILES string of the molecule is Cc1cc(C)cc(N2CC(c3nc4ccccc4n3CCOc3ccccc3)CC2=O)c1. The molecule has 1 aliphatic heterocycles. The van der Waals surface area contributed by atoms with Crippen LogP contribution in [0, 0.1) is 13.8 Å². The second-order valence-electron chi connectivity index (χ2n) is 8.52. The van der Waals surface area contributed by atoms with Gasteiger partial charge >= 0.3 is 0 Å². The number of benzene rings is 3. The molecule has 0 saturated carbocycles. The smallest absolute Gasteiger partial charge is 0.227 e. The largest absolute Gasteiger partial charge is 0.492 e. The Morgan fingerprint density at radius 2 is 1.69 bits per heavy atom. The number of imidazole rings is 1. The van der Waals surface area contributed by atoms with Gasteiger partial charge in [-0.05, 0) is 61.4 Å². The lowest BCUT2D eigenvalue weighted by Crippen LogP contribution is -2.25. The highest BCUT2D eigenvalue weighted by Crippen LogP contribution is 2.34. The van der Waals surface area contributed by atoms with E-state index in [4.69, 9.17) is 9.72 Å². The minimum atomic E-state index is 0.0486. The second-order valence-corrected chi connectivity index (χ2v) is 8.52. The summed E-state index contributed by atoms with van der Waals surface area (Å²) in [5, 5.41) is 0. The molecule has 0 N–H and O–H groups in total. The number of rotatable bonds is 6. The van der Waals surface area contributed by atoms with Crippen LogP contribution < -0.4 is 9.64 Å². The summed E-state index contributed by atoms with van der Waals surface area (Å²) in [6, 6.07) is 24.3. The highest BCUT2D eigenvalue weighted by Gasteiger charge is 2.35. The molecule has 0 aliphatic carbocycles. The number of aryl methyl sites for hydroxylation is 2. The Morgan fingerprint density at radius 3 is 2.47 bits per heavy atom. The van der Waals surface area contributed by atoms with Crippen molar-refractivity contribution in [1.29, 1.82) is 0 Å². The molecule has 4 aromatic rings. The third kappa shape index (κ3) is 3.98. The molecule has 1 saturated heterocycles. The summed E-state index contributed by atoms with van der Waals surface area (Å²) in [7, 11) is 0. The van der Waals surface area contributed by atoms with Gasteiger partial charge in [-0.15, -0.1) is 0 Å². The summed E-state index contributed by atoms with van der Waals surface area (Å²) in [5.41, 5.74) is 5.35. The van der Waals surface area contributed by atoms with Crippen LogP contribution in [0.3, 0.4) is 0 Å². The number of ether oxygens (including phenoxy) is 1. The molecule has 162 valence electrons. The van der Waals surface area contributed by atoms with Gasteiger partial charge < -0.3 is 14.2 Å². The van der Waals surface area contributed by atoms with E-state index in [1.165, 1.54) is 11.1 Å². The molecule has 1 fully saturated rings. The molecule has 5 rings (SSSR count). The monoisotopic (exact) mass is 425 g/mol. The van der Waals surface area contributed by atoms with E-state index in [0.29, 0.717) is 26.1 Å². The molecule has 1 atom stereocenters. The number of carbonyl (C=O) groups excluding carboxylic acids is 1. The first-order valence-corrected chi connectivity index (χ1v) is 11.1. The number of hydrogen-bond acceptors (Lipinski definition) is 3. The molecule has 0 bridgehead atoms. The molecular weight excluding hydrogens is 398 g/mol. The normalized spacial score (nSPS) is 16.1. The van der Waals surface area contributed by atoms with E-state index in [2.05, 4.69) is 42.7 Å². The fraction of sp³-hybridized carbons (Fsp3) is 0.259. The van der Waals surface area contributed by atoms with Gasteiger partial charge in [0.15, 0.2) is 0 Å². The summed E-state index contributed by atoms with van der Waals surface area (Å²) in [5.74, 6) is 2.02. The van der Waals surface area contributed by atoms with E-state index in [0.717, 1.165) is 28.3 Å². The van der Waals surface area contributed by atoms with Gasteiger partial charge in [0.1, 0.15) is 18.2 Å². The fourth-order valence-corrected chi connectivity index (χ4v) is 4.65. The second kappa shape index (κ2) is 8.50. The van der Waals surface area contributed by atoms with E-state index >= 15 is 0 Å². The number of aromatic nitrogens is 2. The van der Waals surface area contributed by atoms with E-state index in [1.54, 1.807) is 0 Å². The lowest BCUT2D eigenvalue weighted by Gasteiger charge is -2.19. The quantitative estimate of drug-likeness (QED) is 0.424. The van der Waals surface area contributed by atoms with Crippen molar-refractivity contribution in [2.24, 2.45) is 0 Å². The highest BCUT2D eigenvalue weighted by atomic mass is 16.5. The molecule has 3 aromatic carbocycles. The standard InChI is InChI=1S/C27H27N3O2/c1-19-14-20(2)16-22(15-19)30-18-21(17-26(30)31)27-28-24-10-6-7-11-25(24)29(27)12-13-32-23-8-4-3-5-9-23/h3-11,14-16,21H,12-13,17-18H2,1-2H3. The molecule has 1 aromatic heterocycles. The molecule has 0 radical (unpaired) electrons. The van der Waals surface area contributed by atoms with Crippen molar-refractivity contribution in [3.8, 4) is 5.75 Å². The van der Waals surface area contributed by atoms with Gasteiger partial charge in [0.05, 0.1) is 17.6 Å². The Hall–Kier alpha value is -3.60. The maximum Gasteiger partial charge on any atom is 0.227 e. The van der Waals surface area contributed by atoms with Crippen LogP contribution in [0.15, 0.2) is 72.8 Å². The average Bonchev–Trinajstić information content (AvgIpc) is 3.34. The molecule has 2 heterocycles. The first-order chi connectivity index (χ1) is 15.6. The molecule has 5 nitrogen and oxygen atoms in total. The molecule has 5 heteroatoms. The number of nitrogens with zero attached hydrogens (tertiary/aromatic N) is 3. The number of hydrogen-bond donors (Lipinski definition) is 0. The first-order valence-electron chi connectivity index (χ1n) is 11.1. The van der Waals surface area contributed by atoms with Crippen LogP contribution in [0.2, 0.25) is 0 Å². The summed E-state index contributed by atoms with van der Waals surface area (Å²) in [4.78, 5) is 19.8. The molecular formula is C27H27N3O2. The first kappa shape index (κ1) is 20.3. The third-order valence-corrected chi connectivity index (χ3v) is 6.02. The fourth-order valence-electron chi connectivity index (χ4n) is 4.65. The number of para-hydroxylation sites is 3. The predicted molar refractivity (Wildman–Crippen MR) is 127 cm³/mol. The van der Waals surface area contributed by atoms with Crippen molar-refractivity contribution < 1.29 is 9.53 Å². The van der Waals surface area contributed by atoms with Crippen LogP contribution in [0.4, 0.5) is 5.69 Å². The summed E-state index contributed by atoms with van der Waals surface area (Å²) in [6.07, 6.45) is 0.468. The van der Waals surface area contributed by atoms with E-state index < -0.39 is 0 Å². The topological polar surface area (TPSA) is 47.4 Å². The zero-order valence-corrected chi connectivity index (χ0v) is 18.5. The van der Waals surface area contributed by atoms with Gasteiger partial charge in [-0.3, -0.25) is 4.79 Å². The van der Waals surface area contributed by atoms with Crippen molar-refractivity contribution >= 4 is 22.6 Å². The molecule has 1 amide bonds. The Balaban J connectivity index is 1.42. The van der Waals surface area contributed by atoms with E-state index in [9.17, 15) is 4.79 Å². The Bertz CT molecular complexity index is 1240. The Morgan fingerprint density at radius 1 is 0.969 bits per heavy atom. The van der Waals surface area contributed by atoms with Gasteiger partial charge in [-0.2, -0.15) is 0 Å².